The topological polar surface area (TPSA) is 56.0 Å². The minimum atomic E-state index is -0.490. The molecular weight excluding hydrogens is 181 g/mol. The number of nitrogens with zero attached hydrogens (tertiary/aromatic N) is 1. The molecular formula is C6H6N2OZn. The molecule has 3 nitrogen and oxygen atoms in total. The Labute approximate surface area is 71.4 Å². The van der Waals surface area contributed by atoms with Crippen LogP contribution in [0.3, 0.4) is 0 Å². The van der Waals surface area contributed by atoms with Crippen LogP contribution in [0.15, 0.2) is 24.4 Å². The number of primary amides is 1. The number of hydrogen-bond donors (Lipinski definition) is 1. The van der Waals surface area contributed by atoms with Crippen molar-refractivity contribution in [1.82, 2.24) is 4.98 Å². The fourth-order valence-corrected chi connectivity index (χ4v) is 0.509. The largest absolute Gasteiger partial charge is 0.364 e. The van der Waals surface area contributed by atoms with Crippen LogP contribution in [0.4, 0.5) is 0 Å². The van der Waals surface area contributed by atoms with Crippen LogP contribution in [0, 0.1) is 0 Å². The van der Waals surface area contributed by atoms with Crippen LogP contribution in [-0.4, -0.2) is 10.9 Å². The third-order valence-corrected chi connectivity index (χ3v) is 0.917. The van der Waals surface area contributed by atoms with E-state index in [2.05, 4.69) is 4.98 Å². The predicted octanol–water partition coefficient (Wildman–Crippen LogP) is 0.178. The SMILES string of the molecule is NC(=O)c1ccccn1.[Zn]. The molecule has 0 atom stereocenters. The predicted molar refractivity (Wildman–Crippen MR) is 32.8 cm³/mol. The van der Waals surface area contributed by atoms with Crippen molar-refractivity contribution < 1.29 is 24.3 Å². The summed E-state index contributed by atoms with van der Waals surface area (Å²) < 4.78 is 0. The minimum Gasteiger partial charge on any atom is -0.364 e. The van der Waals surface area contributed by atoms with Crippen LogP contribution in [0.2, 0.25) is 0 Å². The number of carbonyl (C=O) groups is 1. The molecule has 48 valence electrons. The van der Waals surface area contributed by atoms with E-state index in [1.165, 1.54) is 6.20 Å². The van der Waals surface area contributed by atoms with Gasteiger partial charge in [-0.1, -0.05) is 6.07 Å². The molecule has 1 aromatic heterocycles. The standard InChI is InChI=1S/C6H6N2O.Zn/c7-6(9)5-3-1-2-4-8-5;/h1-4H,(H2,7,9);. The molecule has 0 spiro atoms. The van der Waals surface area contributed by atoms with Crippen molar-refractivity contribution in [2.75, 3.05) is 0 Å². The monoisotopic (exact) mass is 186 g/mol. The molecule has 0 aliphatic carbocycles. The van der Waals surface area contributed by atoms with Gasteiger partial charge in [0, 0.05) is 25.7 Å². The van der Waals surface area contributed by atoms with E-state index in [9.17, 15) is 4.79 Å². The van der Waals surface area contributed by atoms with Gasteiger partial charge in [-0.25, -0.2) is 0 Å². The molecule has 1 heterocycles. The molecule has 1 amide bonds. The van der Waals surface area contributed by atoms with Gasteiger partial charge in [0.05, 0.1) is 0 Å². The molecule has 0 unspecified atom stereocenters. The van der Waals surface area contributed by atoms with Gasteiger partial charge in [0.25, 0.3) is 5.91 Å². The molecule has 0 saturated carbocycles. The maximum absolute atomic E-state index is 10.4. The van der Waals surface area contributed by atoms with Gasteiger partial charge < -0.3 is 5.73 Å². The summed E-state index contributed by atoms with van der Waals surface area (Å²) in [6.45, 7) is 0. The molecule has 0 fully saturated rings. The third-order valence-electron chi connectivity index (χ3n) is 0.917. The van der Waals surface area contributed by atoms with Crippen LogP contribution >= 0.6 is 0 Å². The Kier molecular flexibility index (Phi) is 3.81. The molecule has 0 radical (unpaired) electrons. The van der Waals surface area contributed by atoms with E-state index in [1.54, 1.807) is 18.2 Å². The zero-order chi connectivity index (χ0) is 6.69. The molecule has 4 heteroatoms. The van der Waals surface area contributed by atoms with Crippen molar-refractivity contribution in [2.45, 2.75) is 0 Å². The van der Waals surface area contributed by atoms with Gasteiger partial charge in [0.1, 0.15) is 5.69 Å². The van der Waals surface area contributed by atoms with Crippen molar-refractivity contribution in [1.29, 1.82) is 0 Å². The maximum Gasteiger partial charge on any atom is 0.267 e. The first-order valence-electron chi connectivity index (χ1n) is 2.51. The van der Waals surface area contributed by atoms with Gasteiger partial charge in [0.2, 0.25) is 0 Å². The van der Waals surface area contributed by atoms with Crippen molar-refractivity contribution in [3.63, 3.8) is 0 Å². The van der Waals surface area contributed by atoms with E-state index >= 15 is 0 Å². The van der Waals surface area contributed by atoms with E-state index < -0.39 is 5.91 Å². The first kappa shape index (κ1) is 9.24. The van der Waals surface area contributed by atoms with Gasteiger partial charge in [-0.15, -0.1) is 0 Å². The number of amides is 1. The normalized spacial score (nSPS) is 8.00. The van der Waals surface area contributed by atoms with Gasteiger partial charge in [-0.05, 0) is 12.1 Å². The van der Waals surface area contributed by atoms with Crippen LogP contribution in [0.1, 0.15) is 10.5 Å². The van der Waals surface area contributed by atoms with E-state index in [1.807, 2.05) is 0 Å². The summed E-state index contributed by atoms with van der Waals surface area (Å²) in [6, 6.07) is 5.02. The van der Waals surface area contributed by atoms with Gasteiger partial charge in [-0.3, -0.25) is 9.78 Å². The quantitative estimate of drug-likeness (QED) is 0.638. The van der Waals surface area contributed by atoms with Crippen molar-refractivity contribution >= 4 is 5.91 Å². The number of rotatable bonds is 1. The summed E-state index contributed by atoms with van der Waals surface area (Å²) >= 11 is 0. The summed E-state index contributed by atoms with van der Waals surface area (Å²) in [4.78, 5) is 14.1. The molecule has 0 aromatic carbocycles. The number of hydrogen-bond acceptors (Lipinski definition) is 2. The first-order chi connectivity index (χ1) is 4.30. The molecule has 1 aromatic rings. The van der Waals surface area contributed by atoms with E-state index in [-0.39, 0.29) is 19.5 Å². The Morgan fingerprint density at radius 3 is 2.50 bits per heavy atom. The molecule has 1 rings (SSSR count). The molecule has 2 N–H and O–H groups in total. The summed E-state index contributed by atoms with van der Waals surface area (Å²) in [5.74, 6) is -0.490. The number of pyridine rings is 1. The maximum atomic E-state index is 10.4. The van der Waals surface area contributed by atoms with Crippen LogP contribution in [0.5, 0.6) is 0 Å². The third kappa shape index (κ3) is 2.23. The van der Waals surface area contributed by atoms with E-state index in [0.717, 1.165) is 0 Å². The summed E-state index contributed by atoms with van der Waals surface area (Å²) in [7, 11) is 0. The Morgan fingerprint density at radius 2 is 2.20 bits per heavy atom. The Hall–Kier alpha value is -0.757. The van der Waals surface area contributed by atoms with E-state index in [0.29, 0.717) is 5.69 Å². The average Bonchev–Trinajstić information content (AvgIpc) is 1.90. The van der Waals surface area contributed by atoms with Gasteiger partial charge in [0.15, 0.2) is 0 Å². The fourth-order valence-electron chi connectivity index (χ4n) is 0.509. The number of aromatic nitrogens is 1. The molecule has 0 aliphatic rings. The van der Waals surface area contributed by atoms with Crippen LogP contribution in [-0.2, 0) is 19.5 Å². The van der Waals surface area contributed by atoms with Crippen LogP contribution in [0.25, 0.3) is 0 Å². The van der Waals surface area contributed by atoms with Crippen molar-refractivity contribution in [3.8, 4) is 0 Å². The van der Waals surface area contributed by atoms with Gasteiger partial charge >= 0.3 is 0 Å². The van der Waals surface area contributed by atoms with E-state index in [4.69, 9.17) is 5.73 Å². The molecule has 0 saturated heterocycles. The summed E-state index contributed by atoms with van der Waals surface area (Å²) in [6.07, 6.45) is 1.53. The molecule has 0 bridgehead atoms. The second-order valence-electron chi connectivity index (χ2n) is 1.58. The second kappa shape index (κ2) is 4.12. The van der Waals surface area contributed by atoms with Crippen LogP contribution < -0.4 is 5.73 Å². The second-order valence-corrected chi connectivity index (χ2v) is 1.58. The molecule has 10 heavy (non-hydrogen) atoms. The summed E-state index contributed by atoms with van der Waals surface area (Å²) in [5.41, 5.74) is 5.22. The average molecular weight is 188 g/mol. The molecule has 0 aliphatic heterocycles. The Balaban J connectivity index is 0.000000810. The minimum absolute atomic E-state index is 0. The first-order valence-corrected chi connectivity index (χ1v) is 2.51. The smallest absolute Gasteiger partial charge is 0.267 e. The van der Waals surface area contributed by atoms with Crippen molar-refractivity contribution in [2.24, 2.45) is 5.73 Å². The van der Waals surface area contributed by atoms with Crippen molar-refractivity contribution in [3.05, 3.63) is 30.1 Å². The zero-order valence-corrected chi connectivity index (χ0v) is 8.42. The fraction of sp³-hybridized carbons (Fsp3) is 0. The Morgan fingerprint density at radius 1 is 1.50 bits per heavy atom. The number of carbonyl (C=O) groups excluding carboxylic acids is 1. The van der Waals surface area contributed by atoms with Gasteiger partial charge in [-0.2, -0.15) is 0 Å². The Bertz CT molecular complexity index is 212. The summed E-state index contributed by atoms with van der Waals surface area (Å²) in [5, 5.41) is 0. The zero-order valence-electron chi connectivity index (χ0n) is 5.45. The number of nitrogens with two attached hydrogens (primary N) is 1.